The zero-order chi connectivity index (χ0) is 24.9. The van der Waals surface area contributed by atoms with E-state index < -0.39 is 17.6 Å². The molecule has 3 aromatic carbocycles. The van der Waals surface area contributed by atoms with Gasteiger partial charge in [-0.05, 0) is 48.5 Å². The number of amides is 2. The monoisotopic (exact) mass is 474 g/mol. The molecule has 0 saturated heterocycles. The van der Waals surface area contributed by atoms with Crippen LogP contribution in [0, 0.1) is 5.82 Å². The first-order valence-electron chi connectivity index (χ1n) is 10.7. The Hall–Kier alpha value is -4.66. The van der Waals surface area contributed by atoms with Gasteiger partial charge in [0.25, 0.3) is 11.8 Å². The number of carbonyl (C=O) groups is 2. The molecule has 0 saturated carbocycles. The van der Waals surface area contributed by atoms with Crippen molar-refractivity contribution in [3.8, 4) is 28.4 Å². The average molecular weight is 474 g/mol. The molecule has 9 heteroatoms. The first kappa shape index (κ1) is 23.5. The summed E-state index contributed by atoms with van der Waals surface area (Å²) in [5.41, 5.74) is 1.98. The highest BCUT2D eigenvalue weighted by atomic mass is 19.1. The molecule has 0 aliphatic rings. The Morgan fingerprint density at radius 3 is 2.37 bits per heavy atom. The topological polar surface area (TPSA) is 94.5 Å². The highest BCUT2D eigenvalue weighted by Crippen LogP contribution is 2.35. The van der Waals surface area contributed by atoms with E-state index in [1.54, 1.807) is 36.2 Å². The van der Waals surface area contributed by atoms with Crippen molar-refractivity contribution in [1.29, 1.82) is 0 Å². The van der Waals surface area contributed by atoms with Crippen LogP contribution in [0.25, 0.3) is 16.9 Å². The van der Waals surface area contributed by atoms with Crippen molar-refractivity contribution in [2.45, 2.75) is 0 Å². The van der Waals surface area contributed by atoms with Gasteiger partial charge in [0, 0.05) is 24.5 Å². The lowest BCUT2D eigenvalue weighted by molar-refractivity contribution is 0.0957. The van der Waals surface area contributed by atoms with Crippen LogP contribution >= 0.6 is 0 Å². The van der Waals surface area contributed by atoms with Crippen LogP contribution in [-0.4, -0.2) is 42.9 Å². The quantitative estimate of drug-likeness (QED) is 0.416. The number of halogens is 1. The van der Waals surface area contributed by atoms with Crippen molar-refractivity contribution in [2.24, 2.45) is 0 Å². The molecule has 35 heavy (non-hydrogen) atoms. The molecule has 1 heterocycles. The molecule has 4 rings (SSSR count). The molecule has 178 valence electrons. The molecular weight excluding hydrogens is 451 g/mol. The normalized spacial score (nSPS) is 10.5. The Labute approximate surface area is 201 Å². The van der Waals surface area contributed by atoms with Gasteiger partial charge in [-0.1, -0.05) is 18.2 Å². The number of rotatable bonds is 7. The summed E-state index contributed by atoms with van der Waals surface area (Å²) in [7, 11) is 4.47. The lowest BCUT2D eigenvalue weighted by Crippen LogP contribution is -2.20. The molecule has 0 aliphatic carbocycles. The second-order valence-corrected chi connectivity index (χ2v) is 7.47. The first-order chi connectivity index (χ1) is 16.9. The summed E-state index contributed by atoms with van der Waals surface area (Å²) in [6, 6.07) is 18.3. The van der Waals surface area contributed by atoms with Gasteiger partial charge in [0.05, 0.1) is 31.0 Å². The maximum atomic E-state index is 14.1. The van der Waals surface area contributed by atoms with Gasteiger partial charge in [0.2, 0.25) is 0 Å². The fourth-order valence-corrected chi connectivity index (χ4v) is 3.56. The van der Waals surface area contributed by atoms with Gasteiger partial charge in [0.1, 0.15) is 23.0 Å². The third-order valence-electron chi connectivity index (χ3n) is 5.34. The molecule has 0 aliphatic heterocycles. The Balaban J connectivity index is 1.80. The van der Waals surface area contributed by atoms with Crippen molar-refractivity contribution < 1.29 is 23.5 Å². The second-order valence-electron chi connectivity index (χ2n) is 7.47. The standard InChI is InChI=1S/C26H23FN4O4/c1-28-25(32)19-13-16(9-11-22(19)27)29-26(33)21-15-31(17-7-5-4-6-8-17)30-24(21)20-14-18(34-2)10-12-23(20)35-3/h4-15H,1-3H3,(H,28,32)(H,29,33). The van der Waals surface area contributed by atoms with E-state index in [1.165, 1.54) is 26.3 Å². The lowest BCUT2D eigenvalue weighted by Gasteiger charge is -2.11. The Morgan fingerprint density at radius 1 is 0.914 bits per heavy atom. The molecule has 2 N–H and O–H groups in total. The Bertz CT molecular complexity index is 1390. The van der Waals surface area contributed by atoms with Crippen LogP contribution in [-0.2, 0) is 0 Å². The summed E-state index contributed by atoms with van der Waals surface area (Å²) in [5.74, 6) is -0.725. The number of ether oxygens (including phenoxy) is 2. The van der Waals surface area contributed by atoms with Crippen LogP contribution in [0.1, 0.15) is 20.7 Å². The third kappa shape index (κ3) is 4.84. The average Bonchev–Trinajstić information content (AvgIpc) is 3.35. The van der Waals surface area contributed by atoms with Crippen LogP contribution in [0.5, 0.6) is 11.5 Å². The molecule has 0 spiro atoms. The molecule has 0 atom stereocenters. The predicted molar refractivity (Wildman–Crippen MR) is 130 cm³/mol. The van der Waals surface area contributed by atoms with Gasteiger partial charge in [0.15, 0.2) is 0 Å². The van der Waals surface area contributed by atoms with Gasteiger partial charge < -0.3 is 20.1 Å². The van der Waals surface area contributed by atoms with E-state index >= 15 is 0 Å². The predicted octanol–water partition coefficient (Wildman–Crippen LogP) is 4.31. The zero-order valence-electron chi connectivity index (χ0n) is 19.3. The second kappa shape index (κ2) is 10.1. The van der Waals surface area contributed by atoms with Gasteiger partial charge in [-0.2, -0.15) is 5.10 Å². The number of hydrogen-bond donors (Lipinski definition) is 2. The molecule has 0 bridgehead atoms. The first-order valence-corrected chi connectivity index (χ1v) is 10.7. The third-order valence-corrected chi connectivity index (χ3v) is 5.34. The van der Waals surface area contributed by atoms with E-state index in [-0.39, 0.29) is 16.8 Å². The summed E-state index contributed by atoms with van der Waals surface area (Å²) in [6.45, 7) is 0. The van der Waals surface area contributed by atoms with Gasteiger partial charge in [-0.25, -0.2) is 9.07 Å². The fourth-order valence-electron chi connectivity index (χ4n) is 3.56. The molecule has 0 unspecified atom stereocenters. The van der Waals surface area contributed by atoms with Gasteiger partial charge >= 0.3 is 0 Å². The van der Waals surface area contributed by atoms with Crippen molar-refractivity contribution >= 4 is 17.5 Å². The molecule has 0 fully saturated rings. The SMILES string of the molecule is CNC(=O)c1cc(NC(=O)c2cn(-c3ccccc3)nc2-c2cc(OC)ccc2OC)ccc1F. The minimum absolute atomic E-state index is 0.181. The molecule has 8 nitrogen and oxygen atoms in total. The molecule has 4 aromatic rings. The highest BCUT2D eigenvalue weighted by molar-refractivity contribution is 6.09. The van der Waals surface area contributed by atoms with Crippen LogP contribution < -0.4 is 20.1 Å². The summed E-state index contributed by atoms with van der Waals surface area (Å²) in [6.07, 6.45) is 1.60. The van der Waals surface area contributed by atoms with E-state index in [0.29, 0.717) is 22.8 Å². The van der Waals surface area contributed by atoms with E-state index in [1.807, 2.05) is 30.3 Å². The largest absolute Gasteiger partial charge is 0.497 e. The van der Waals surface area contributed by atoms with Crippen molar-refractivity contribution in [1.82, 2.24) is 15.1 Å². The van der Waals surface area contributed by atoms with E-state index in [2.05, 4.69) is 15.7 Å². The van der Waals surface area contributed by atoms with Crippen LogP contribution in [0.4, 0.5) is 10.1 Å². The summed E-state index contributed by atoms with van der Waals surface area (Å²) in [4.78, 5) is 25.4. The number of benzene rings is 3. The van der Waals surface area contributed by atoms with E-state index in [4.69, 9.17) is 9.47 Å². The smallest absolute Gasteiger partial charge is 0.259 e. The van der Waals surface area contributed by atoms with Crippen molar-refractivity contribution in [2.75, 3.05) is 26.6 Å². The number of para-hydroxylation sites is 1. The molecular formula is C26H23FN4O4. The molecule has 0 radical (unpaired) electrons. The molecule has 2 amide bonds. The summed E-state index contributed by atoms with van der Waals surface area (Å²) >= 11 is 0. The minimum Gasteiger partial charge on any atom is -0.497 e. The maximum Gasteiger partial charge on any atom is 0.259 e. The fraction of sp³-hybridized carbons (Fsp3) is 0.115. The van der Waals surface area contributed by atoms with Crippen molar-refractivity contribution in [3.05, 3.63) is 89.9 Å². The number of nitrogens with one attached hydrogen (secondary N) is 2. The Morgan fingerprint density at radius 2 is 1.69 bits per heavy atom. The minimum atomic E-state index is -0.693. The maximum absolute atomic E-state index is 14.1. The lowest BCUT2D eigenvalue weighted by atomic mass is 10.1. The number of anilines is 1. The number of aromatic nitrogens is 2. The van der Waals surface area contributed by atoms with Crippen molar-refractivity contribution in [3.63, 3.8) is 0 Å². The highest BCUT2D eigenvalue weighted by Gasteiger charge is 2.23. The summed E-state index contributed by atoms with van der Waals surface area (Å²) < 4.78 is 26.5. The van der Waals surface area contributed by atoms with E-state index in [0.717, 1.165) is 11.8 Å². The van der Waals surface area contributed by atoms with Crippen LogP contribution in [0.15, 0.2) is 72.9 Å². The number of carbonyl (C=O) groups excluding carboxylic acids is 2. The zero-order valence-corrected chi connectivity index (χ0v) is 19.3. The van der Waals surface area contributed by atoms with E-state index in [9.17, 15) is 14.0 Å². The van der Waals surface area contributed by atoms with Crippen LogP contribution in [0.3, 0.4) is 0 Å². The van der Waals surface area contributed by atoms with Crippen LogP contribution in [0.2, 0.25) is 0 Å². The van der Waals surface area contributed by atoms with Gasteiger partial charge in [-0.3, -0.25) is 9.59 Å². The number of hydrogen-bond acceptors (Lipinski definition) is 5. The summed E-state index contributed by atoms with van der Waals surface area (Å²) in [5, 5.41) is 9.78. The number of nitrogens with zero attached hydrogens (tertiary/aromatic N) is 2. The Kier molecular flexibility index (Phi) is 6.77. The number of methoxy groups -OCH3 is 2. The molecule has 1 aromatic heterocycles. The van der Waals surface area contributed by atoms with Gasteiger partial charge in [-0.15, -0.1) is 0 Å².